The quantitative estimate of drug-likeness (QED) is 0.231. The summed E-state index contributed by atoms with van der Waals surface area (Å²) in [4.78, 5) is 8.80. The molecule has 0 amide bonds. The topological polar surface area (TPSA) is 35.0 Å². The molecule has 0 aliphatic heterocycles. The minimum Gasteiger partial charge on any atom is -0.487 e. The van der Waals surface area contributed by atoms with Gasteiger partial charge in [-0.05, 0) is 30.7 Å². The zero-order chi connectivity index (χ0) is 23.0. The molecular weight excluding hydrogens is 399 g/mol. The summed E-state index contributed by atoms with van der Waals surface area (Å²) in [6.45, 7) is 6.32. The van der Waals surface area contributed by atoms with Crippen molar-refractivity contribution >= 4 is 0 Å². The molecule has 1 aromatic carbocycles. The van der Waals surface area contributed by atoms with Gasteiger partial charge in [0.05, 0.1) is 12.4 Å². The number of rotatable bonds is 17. The van der Waals surface area contributed by atoms with Crippen LogP contribution in [0.25, 0.3) is 11.4 Å². The van der Waals surface area contributed by atoms with E-state index >= 15 is 0 Å². The summed E-state index contributed by atoms with van der Waals surface area (Å²) in [5, 5.41) is 0. The molecule has 1 heterocycles. The first kappa shape index (κ1) is 26.3. The van der Waals surface area contributed by atoms with Gasteiger partial charge in [0.15, 0.2) is 11.6 Å². The molecule has 0 fully saturated rings. The molecule has 0 saturated heterocycles. The van der Waals surface area contributed by atoms with Crippen molar-refractivity contribution in [1.82, 2.24) is 9.97 Å². The number of unbranched alkanes of at least 4 members (excludes halogenated alkanes) is 8. The van der Waals surface area contributed by atoms with Gasteiger partial charge in [0.25, 0.3) is 0 Å². The summed E-state index contributed by atoms with van der Waals surface area (Å²) in [5.74, 6) is 1.19. The van der Waals surface area contributed by atoms with E-state index in [9.17, 15) is 4.39 Å². The number of alkyl halides is 1. The molecule has 4 heteroatoms. The molecule has 3 nitrogen and oxygen atoms in total. The average Bonchev–Trinajstić information content (AvgIpc) is 2.82. The van der Waals surface area contributed by atoms with Gasteiger partial charge < -0.3 is 4.74 Å². The zero-order valence-corrected chi connectivity index (χ0v) is 20.5. The standard InChI is InChI=1S/C28H43FN2O/c1-4-6-7-8-9-10-11-12-13-15-24-16-18-25(19-17-24)28-30-20-26(21-31-28)32-22-27(29)23(3)14-5-2/h16-21,23,27H,4-15,22H2,1-3H3. The summed E-state index contributed by atoms with van der Waals surface area (Å²) < 4.78 is 19.6. The first-order valence-electron chi connectivity index (χ1n) is 12.8. The highest BCUT2D eigenvalue weighted by atomic mass is 19.1. The molecule has 2 atom stereocenters. The molecule has 0 aliphatic rings. The van der Waals surface area contributed by atoms with Crippen molar-refractivity contribution in [3.63, 3.8) is 0 Å². The fraction of sp³-hybridized carbons (Fsp3) is 0.643. The molecule has 1 aromatic heterocycles. The molecule has 2 rings (SSSR count). The molecule has 0 radical (unpaired) electrons. The second kappa shape index (κ2) is 15.8. The summed E-state index contributed by atoms with van der Waals surface area (Å²) >= 11 is 0. The van der Waals surface area contributed by atoms with Gasteiger partial charge >= 0.3 is 0 Å². The van der Waals surface area contributed by atoms with Crippen LogP contribution in [-0.2, 0) is 6.42 Å². The van der Waals surface area contributed by atoms with Crippen LogP contribution < -0.4 is 4.74 Å². The predicted molar refractivity (Wildman–Crippen MR) is 133 cm³/mol. The zero-order valence-electron chi connectivity index (χ0n) is 20.5. The molecule has 0 saturated carbocycles. The summed E-state index contributed by atoms with van der Waals surface area (Å²) in [6, 6.07) is 8.53. The lowest BCUT2D eigenvalue weighted by molar-refractivity contribution is 0.142. The van der Waals surface area contributed by atoms with E-state index in [-0.39, 0.29) is 12.5 Å². The molecule has 32 heavy (non-hydrogen) atoms. The second-order valence-corrected chi connectivity index (χ2v) is 9.11. The van der Waals surface area contributed by atoms with E-state index in [0.717, 1.165) is 24.8 Å². The summed E-state index contributed by atoms with van der Waals surface area (Å²) in [6.07, 6.45) is 17.5. The predicted octanol–water partition coefficient (Wildman–Crippen LogP) is 8.37. The number of benzene rings is 1. The molecule has 0 aliphatic carbocycles. The van der Waals surface area contributed by atoms with E-state index in [2.05, 4.69) is 48.1 Å². The highest BCUT2D eigenvalue weighted by molar-refractivity contribution is 5.55. The first-order chi connectivity index (χ1) is 15.6. The Hall–Kier alpha value is -1.97. The fourth-order valence-electron chi connectivity index (χ4n) is 3.98. The van der Waals surface area contributed by atoms with Crippen molar-refractivity contribution in [3.8, 4) is 17.1 Å². The molecule has 178 valence electrons. The van der Waals surface area contributed by atoms with Crippen LogP contribution in [-0.4, -0.2) is 22.7 Å². The van der Waals surface area contributed by atoms with Crippen LogP contribution in [0.2, 0.25) is 0 Å². The SMILES string of the molecule is CCCCCCCCCCCc1ccc(-c2ncc(OCC(F)C(C)CCC)cn2)cc1. The minimum absolute atomic E-state index is 0.00857. The van der Waals surface area contributed by atoms with Gasteiger partial charge in [-0.1, -0.05) is 103 Å². The number of hydrogen-bond acceptors (Lipinski definition) is 3. The number of nitrogens with zero attached hydrogens (tertiary/aromatic N) is 2. The lowest BCUT2D eigenvalue weighted by Gasteiger charge is -2.16. The van der Waals surface area contributed by atoms with Crippen LogP contribution in [0.5, 0.6) is 5.75 Å². The summed E-state index contributed by atoms with van der Waals surface area (Å²) in [5.41, 5.74) is 2.36. The maximum absolute atomic E-state index is 14.1. The monoisotopic (exact) mass is 442 g/mol. The van der Waals surface area contributed by atoms with E-state index in [1.165, 1.54) is 63.4 Å². The van der Waals surface area contributed by atoms with E-state index in [1.807, 2.05) is 6.92 Å². The number of ether oxygens (including phenoxy) is 1. The van der Waals surface area contributed by atoms with E-state index < -0.39 is 6.17 Å². The molecule has 2 aromatic rings. The van der Waals surface area contributed by atoms with E-state index in [1.54, 1.807) is 12.4 Å². The van der Waals surface area contributed by atoms with E-state index in [4.69, 9.17) is 4.74 Å². The molecule has 2 unspecified atom stereocenters. The number of halogens is 1. The highest BCUT2D eigenvalue weighted by Gasteiger charge is 2.16. The van der Waals surface area contributed by atoms with Gasteiger partial charge in [0.2, 0.25) is 0 Å². The van der Waals surface area contributed by atoms with Crippen molar-refractivity contribution in [3.05, 3.63) is 42.2 Å². The van der Waals surface area contributed by atoms with Crippen molar-refractivity contribution in [2.24, 2.45) is 5.92 Å². The van der Waals surface area contributed by atoms with Crippen LogP contribution >= 0.6 is 0 Å². The van der Waals surface area contributed by atoms with Crippen LogP contribution in [0.4, 0.5) is 4.39 Å². The Bertz CT molecular complexity index is 717. The summed E-state index contributed by atoms with van der Waals surface area (Å²) in [7, 11) is 0. The minimum atomic E-state index is -0.965. The van der Waals surface area contributed by atoms with Gasteiger partial charge in [0, 0.05) is 5.56 Å². The Balaban J connectivity index is 1.69. The Morgan fingerprint density at radius 3 is 2.00 bits per heavy atom. The van der Waals surface area contributed by atoms with Crippen molar-refractivity contribution < 1.29 is 9.13 Å². The second-order valence-electron chi connectivity index (χ2n) is 9.11. The van der Waals surface area contributed by atoms with Crippen molar-refractivity contribution in [1.29, 1.82) is 0 Å². The maximum atomic E-state index is 14.1. The van der Waals surface area contributed by atoms with Crippen LogP contribution in [0.1, 0.15) is 97.0 Å². The van der Waals surface area contributed by atoms with Gasteiger partial charge in [-0.15, -0.1) is 0 Å². The third kappa shape index (κ3) is 10.1. The third-order valence-electron chi connectivity index (χ3n) is 6.18. The Morgan fingerprint density at radius 2 is 1.41 bits per heavy atom. The Morgan fingerprint density at radius 1 is 0.812 bits per heavy atom. The van der Waals surface area contributed by atoms with Crippen LogP contribution in [0.15, 0.2) is 36.7 Å². The molecule has 0 bridgehead atoms. The highest BCUT2D eigenvalue weighted by Crippen LogP contribution is 2.20. The maximum Gasteiger partial charge on any atom is 0.159 e. The normalized spacial score (nSPS) is 13.1. The number of aromatic nitrogens is 2. The smallest absolute Gasteiger partial charge is 0.159 e. The van der Waals surface area contributed by atoms with Crippen LogP contribution in [0.3, 0.4) is 0 Å². The van der Waals surface area contributed by atoms with Crippen molar-refractivity contribution in [2.45, 2.75) is 104 Å². The van der Waals surface area contributed by atoms with Gasteiger partial charge in [-0.3, -0.25) is 0 Å². The lowest BCUT2D eigenvalue weighted by atomic mass is 10.0. The van der Waals surface area contributed by atoms with Gasteiger partial charge in [0.1, 0.15) is 12.8 Å². The lowest BCUT2D eigenvalue weighted by Crippen LogP contribution is -2.21. The third-order valence-corrected chi connectivity index (χ3v) is 6.18. The van der Waals surface area contributed by atoms with E-state index in [0.29, 0.717) is 11.6 Å². The Labute approximate surface area is 195 Å². The van der Waals surface area contributed by atoms with Crippen molar-refractivity contribution in [2.75, 3.05) is 6.61 Å². The Kier molecular flexibility index (Phi) is 13.0. The molecule has 0 spiro atoms. The number of hydrogen-bond donors (Lipinski definition) is 0. The fourth-order valence-corrected chi connectivity index (χ4v) is 3.98. The van der Waals surface area contributed by atoms with Gasteiger partial charge in [-0.25, -0.2) is 14.4 Å². The van der Waals surface area contributed by atoms with Crippen LogP contribution in [0, 0.1) is 5.92 Å². The largest absolute Gasteiger partial charge is 0.487 e. The average molecular weight is 443 g/mol. The van der Waals surface area contributed by atoms with Gasteiger partial charge in [-0.2, -0.15) is 0 Å². The molecular formula is C28H43FN2O. The first-order valence-corrected chi connectivity index (χ1v) is 12.8. The number of aryl methyl sites for hydroxylation is 1. The molecule has 0 N–H and O–H groups in total.